The molecule has 0 atom stereocenters. The molecule has 0 bridgehead atoms. The van der Waals surface area contributed by atoms with Gasteiger partial charge in [0.1, 0.15) is 6.07 Å². The lowest BCUT2D eigenvalue weighted by Gasteiger charge is -2.34. The summed E-state index contributed by atoms with van der Waals surface area (Å²) in [4.78, 5) is 13.9. The maximum absolute atomic E-state index is 12.8. The number of halogens is 3. The summed E-state index contributed by atoms with van der Waals surface area (Å²) in [6, 6.07) is 5.14. The number of anilines is 1. The molecule has 24 heavy (non-hydrogen) atoms. The number of piperidine rings is 1. The number of nitrogens with zero attached hydrogens (tertiary/aromatic N) is 2. The highest BCUT2D eigenvalue weighted by Gasteiger charge is 2.32. The standard InChI is InChI=1S/C17H20F3N3O/c1-11(2)22-16(24)12-5-7-23(8-6-12)15-4-3-14(17(18,19)20)9-13(15)10-21/h3-4,9,11-12H,5-8H2,1-2H3,(H,22,24). The van der Waals surface area contributed by atoms with Crippen molar-refractivity contribution in [1.29, 1.82) is 5.26 Å². The van der Waals surface area contributed by atoms with Gasteiger partial charge in [0.25, 0.3) is 0 Å². The van der Waals surface area contributed by atoms with Crippen LogP contribution in [0.1, 0.15) is 37.8 Å². The fourth-order valence-electron chi connectivity index (χ4n) is 2.86. The van der Waals surface area contributed by atoms with E-state index in [-0.39, 0.29) is 23.4 Å². The second-order valence-corrected chi connectivity index (χ2v) is 6.27. The predicted octanol–water partition coefficient (Wildman–Crippen LogP) is 3.32. The van der Waals surface area contributed by atoms with E-state index in [1.54, 1.807) is 0 Å². The molecule has 1 heterocycles. The first-order chi connectivity index (χ1) is 11.2. The fraction of sp³-hybridized carbons (Fsp3) is 0.529. The lowest BCUT2D eigenvalue weighted by atomic mass is 9.94. The molecule has 7 heteroatoms. The van der Waals surface area contributed by atoms with E-state index in [0.29, 0.717) is 31.6 Å². The molecule has 1 fully saturated rings. The molecule has 130 valence electrons. The van der Waals surface area contributed by atoms with Crippen LogP contribution in [-0.4, -0.2) is 25.0 Å². The van der Waals surface area contributed by atoms with Crippen LogP contribution in [0.2, 0.25) is 0 Å². The number of hydrogen-bond acceptors (Lipinski definition) is 3. The second kappa shape index (κ2) is 7.12. The van der Waals surface area contributed by atoms with Gasteiger partial charge < -0.3 is 10.2 Å². The van der Waals surface area contributed by atoms with Crippen LogP contribution in [0, 0.1) is 17.2 Å². The molecular formula is C17H20F3N3O. The molecule has 0 radical (unpaired) electrons. The topological polar surface area (TPSA) is 56.1 Å². The molecule has 0 spiro atoms. The maximum Gasteiger partial charge on any atom is 0.416 e. The minimum atomic E-state index is -4.47. The maximum atomic E-state index is 12.8. The van der Waals surface area contributed by atoms with Crippen LogP contribution >= 0.6 is 0 Å². The van der Waals surface area contributed by atoms with Crippen molar-refractivity contribution in [2.45, 2.75) is 38.9 Å². The summed E-state index contributed by atoms with van der Waals surface area (Å²) in [5.74, 6) is -0.0822. The molecule has 1 amide bonds. The van der Waals surface area contributed by atoms with Gasteiger partial charge >= 0.3 is 6.18 Å². The van der Waals surface area contributed by atoms with Crippen LogP contribution in [0.25, 0.3) is 0 Å². The zero-order valence-electron chi connectivity index (χ0n) is 13.7. The summed E-state index contributed by atoms with van der Waals surface area (Å²) in [6.07, 6.45) is -3.24. The molecule has 2 rings (SSSR count). The first-order valence-electron chi connectivity index (χ1n) is 7.89. The third kappa shape index (κ3) is 4.19. The summed E-state index contributed by atoms with van der Waals surface area (Å²) >= 11 is 0. The Kier molecular flexibility index (Phi) is 5.37. The van der Waals surface area contributed by atoms with E-state index in [1.807, 2.05) is 24.8 Å². The molecule has 1 N–H and O–H groups in total. The SMILES string of the molecule is CC(C)NC(=O)C1CCN(c2ccc(C(F)(F)F)cc2C#N)CC1. The number of nitriles is 1. The van der Waals surface area contributed by atoms with E-state index >= 15 is 0 Å². The van der Waals surface area contributed by atoms with Gasteiger partial charge in [-0.1, -0.05) is 0 Å². The van der Waals surface area contributed by atoms with Gasteiger partial charge in [-0.15, -0.1) is 0 Å². The summed E-state index contributed by atoms with van der Waals surface area (Å²) in [7, 11) is 0. The highest BCUT2D eigenvalue weighted by Crippen LogP contribution is 2.33. The predicted molar refractivity (Wildman–Crippen MR) is 84.4 cm³/mol. The van der Waals surface area contributed by atoms with Gasteiger partial charge in [-0.2, -0.15) is 18.4 Å². The molecule has 1 aromatic rings. The first kappa shape index (κ1) is 18.1. The Morgan fingerprint density at radius 1 is 1.33 bits per heavy atom. The molecule has 0 unspecified atom stereocenters. The largest absolute Gasteiger partial charge is 0.416 e. The minimum absolute atomic E-state index is 0.00917. The van der Waals surface area contributed by atoms with Crippen molar-refractivity contribution in [1.82, 2.24) is 5.32 Å². The van der Waals surface area contributed by atoms with Crippen molar-refractivity contribution in [3.63, 3.8) is 0 Å². The lowest BCUT2D eigenvalue weighted by Crippen LogP contribution is -2.42. The van der Waals surface area contributed by atoms with Gasteiger partial charge in [-0.3, -0.25) is 4.79 Å². The number of rotatable bonds is 3. The third-order valence-electron chi connectivity index (χ3n) is 4.08. The van der Waals surface area contributed by atoms with Gasteiger partial charge in [-0.05, 0) is 44.9 Å². The van der Waals surface area contributed by atoms with Crippen LogP contribution in [0.3, 0.4) is 0 Å². The quantitative estimate of drug-likeness (QED) is 0.919. The Hall–Kier alpha value is -2.23. The summed E-state index contributed by atoms with van der Waals surface area (Å²) in [6.45, 7) is 4.87. The number of carbonyl (C=O) groups excluding carboxylic acids is 1. The zero-order valence-corrected chi connectivity index (χ0v) is 13.7. The number of amides is 1. The van der Waals surface area contributed by atoms with E-state index in [0.717, 1.165) is 12.1 Å². The van der Waals surface area contributed by atoms with E-state index < -0.39 is 11.7 Å². The van der Waals surface area contributed by atoms with Gasteiger partial charge in [-0.25, -0.2) is 0 Å². The van der Waals surface area contributed by atoms with Crippen LogP contribution in [0.4, 0.5) is 18.9 Å². The molecule has 0 aliphatic carbocycles. The number of carbonyl (C=O) groups is 1. The Bertz CT molecular complexity index is 641. The van der Waals surface area contributed by atoms with Crippen LogP contribution < -0.4 is 10.2 Å². The Balaban J connectivity index is 2.09. The number of alkyl halides is 3. The first-order valence-corrected chi connectivity index (χ1v) is 7.89. The number of benzene rings is 1. The van der Waals surface area contributed by atoms with Gasteiger partial charge in [0, 0.05) is 25.0 Å². The van der Waals surface area contributed by atoms with Crippen molar-refractivity contribution in [2.75, 3.05) is 18.0 Å². The molecular weight excluding hydrogens is 319 g/mol. The Labute approximate surface area is 139 Å². The normalized spacial score (nSPS) is 16.1. The minimum Gasteiger partial charge on any atom is -0.370 e. The van der Waals surface area contributed by atoms with Crippen molar-refractivity contribution < 1.29 is 18.0 Å². The fourth-order valence-corrected chi connectivity index (χ4v) is 2.86. The molecule has 1 aliphatic rings. The molecule has 4 nitrogen and oxygen atoms in total. The van der Waals surface area contributed by atoms with Crippen molar-refractivity contribution in [2.24, 2.45) is 5.92 Å². The van der Waals surface area contributed by atoms with Crippen molar-refractivity contribution in [3.8, 4) is 6.07 Å². The molecule has 1 aliphatic heterocycles. The highest BCUT2D eigenvalue weighted by atomic mass is 19.4. The number of nitrogens with one attached hydrogen (secondary N) is 1. The third-order valence-corrected chi connectivity index (χ3v) is 4.08. The molecule has 1 saturated heterocycles. The monoisotopic (exact) mass is 339 g/mol. The van der Waals surface area contributed by atoms with Gasteiger partial charge in [0.2, 0.25) is 5.91 Å². The van der Waals surface area contributed by atoms with E-state index in [1.165, 1.54) is 6.07 Å². The smallest absolute Gasteiger partial charge is 0.370 e. The van der Waals surface area contributed by atoms with Crippen molar-refractivity contribution in [3.05, 3.63) is 29.3 Å². The Morgan fingerprint density at radius 3 is 2.46 bits per heavy atom. The Morgan fingerprint density at radius 2 is 1.96 bits per heavy atom. The van der Waals surface area contributed by atoms with Gasteiger partial charge in [0.15, 0.2) is 0 Å². The average Bonchev–Trinajstić information content (AvgIpc) is 2.53. The highest BCUT2D eigenvalue weighted by molar-refractivity contribution is 5.79. The van der Waals surface area contributed by atoms with Gasteiger partial charge in [0.05, 0.1) is 16.8 Å². The lowest BCUT2D eigenvalue weighted by molar-refractivity contribution is -0.137. The second-order valence-electron chi connectivity index (χ2n) is 6.27. The van der Waals surface area contributed by atoms with E-state index in [2.05, 4.69) is 5.32 Å². The van der Waals surface area contributed by atoms with E-state index in [4.69, 9.17) is 0 Å². The molecule has 0 aromatic heterocycles. The number of hydrogen-bond donors (Lipinski definition) is 1. The van der Waals surface area contributed by atoms with Crippen LogP contribution in [0.15, 0.2) is 18.2 Å². The van der Waals surface area contributed by atoms with E-state index in [9.17, 15) is 23.2 Å². The summed E-state index contributed by atoms with van der Waals surface area (Å²) in [5, 5.41) is 12.0. The summed E-state index contributed by atoms with van der Waals surface area (Å²) < 4.78 is 38.3. The molecule has 0 saturated carbocycles. The summed E-state index contributed by atoms with van der Waals surface area (Å²) in [5.41, 5.74) is -0.322. The zero-order chi connectivity index (χ0) is 17.9. The van der Waals surface area contributed by atoms with Crippen LogP contribution in [-0.2, 0) is 11.0 Å². The van der Waals surface area contributed by atoms with Crippen molar-refractivity contribution >= 4 is 11.6 Å². The average molecular weight is 339 g/mol. The van der Waals surface area contributed by atoms with Crippen LogP contribution in [0.5, 0.6) is 0 Å². The molecule has 1 aromatic carbocycles.